The predicted octanol–water partition coefficient (Wildman–Crippen LogP) is 5.45. The number of rotatable bonds is 2. The minimum Gasteiger partial charge on any atom is -0.489 e. The second-order valence-electron chi connectivity index (χ2n) is 10.8. The molecule has 1 amide bonds. The first-order valence-electron chi connectivity index (χ1n) is 11.7. The van der Waals surface area contributed by atoms with Crippen molar-refractivity contribution in [1.29, 1.82) is 0 Å². The molecule has 7 atom stereocenters. The average Bonchev–Trinajstić information content (AvgIpc) is 3.03. The minimum atomic E-state index is 0.262. The van der Waals surface area contributed by atoms with Gasteiger partial charge in [0, 0.05) is 31.3 Å². The summed E-state index contributed by atoms with van der Waals surface area (Å²) in [4.78, 5) is 15.4. The van der Waals surface area contributed by atoms with Crippen molar-refractivity contribution in [2.75, 3.05) is 7.05 Å². The van der Waals surface area contributed by atoms with Gasteiger partial charge in [-0.1, -0.05) is 38.2 Å². The van der Waals surface area contributed by atoms with E-state index in [4.69, 9.17) is 17.0 Å². The molecule has 0 bridgehead atoms. The van der Waals surface area contributed by atoms with Crippen LogP contribution in [-0.4, -0.2) is 34.9 Å². The lowest BCUT2D eigenvalue weighted by Gasteiger charge is -2.61. The molecule has 0 aromatic rings. The van der Waals surface area contributed by atoms with Crippen LogP contribution in [0.15, 0.2) is 24.0 Å². The molecular weight excluding hydrogens is 378 g/mol. The van der Waals surface area contributed by atoms with Gasteiger partial charge in [-0.15, -0.1) is 0 Å². The summed E-state index contributed by atoms with van der Waals surface area (Å²) in [6, 6.07) is 0.444. The molecule has 0 unspecified atom stereocenters. The quantitative estimate of drug-likeness (QED) is 0.564. The molecule has 4 aliphatic carbocycles. The van der Waals surface area contributed by atoms with Crippen molar-refractivity contribution in [2.45, 2.75) is 83.8 Å². The third-order valence-corrected chi connectivity index (χ3v) is 10.1. The standard InChI is InChI=1S/C25H35NO2S/c1-24-15-13-23(27)26(3)21(24)10-8-16-17-9-11-22(25(17,2)14-12-18(16)24)28-19-6-4-5-7-20(19)29/h4-6,16-18,21-22H,7-15H2,1-3H3/t16-,17-,18-,21+,22+,24+,25-/m0/s1. The van der Waals surface area contributed by atoms with Gasteiger partial charge in [0.1, 0.15) is 11.9 Å². The second-order valence-corrected chi connectivity index (χ2v) is 11.3. The zero-order valence-electron chi connectivity index (χ0n) is 18.2. The fourth-order valence-electron chi connectivity index (χ4n) is 8.08. The molecule has 5 rings (SSSR count). The Balaban J connectivity index is 1.38. The lowest BCUT2D eigenvalue weighted by Crippen LogP contribution is -2.61. The average molecular weight is 414 g/mol. The molecule has 1 aliphatic heterocycles. The van der Waals surface area contributed by atoms with Gasteiger partial charge in [-0.3, -0.25) is 4.79 Å². The summed E-state index contributed by atoms with van der Waals surface area (Å²) in [5.74, 6) is 3.59. The highest BCUT2D eigenvalue weighted by Crippen LogP contribution is 2.65. The molecular formula is C25H35NO2S. The van der Waals surface area contributed by atoms with E-state index in [9.17, 15) is 4.79 Å². The van der Waals surface area contributed by atoms with Gasteiger partial charge in [0.25, 0.3) is 0 Å². The van der Waals surface area contributed by atoms with E-state index in [1.165, 1.54) is 32.1 Å². The fraction of sp³-hybridized carbons (Fsp3) is 0.760. The summed E-state index contributed by atoms with van der Waals surface area (Å²) in [6.07, 6.45) is 16.7. The molecule has 1 saturated heterocycles. The van der Waals surface area contributed by atoms with Gasteiger partial charge in [-0.05, 0) is 74.2 Å². The minimum absolute atomic E-state index is 0.262. The summed E-state index contributed by atoms with van der Waals surface area (Å²) in [6.45, 7) is 5.00. The smallest absolute Gasteiger partial charge is 0.222 e. The first-order chi connectivity index (χ1) is 13.8. The molecule has 0 spiro atoms. The molecule has 3 nitrogen and oxygen atoms in total. The van der Waals surface area contributed by atoms with Crippen LogP contribution in [0.1, 0.15) is 71.6 Å². The van der Waals surface area contributed by atoms with E-state index in [0.29, 0.717) is 23.5 Å². The van der Waals surface area contributed by atoms with Gasteiger partial charge in [0.2, 0.25) is 5.91 Å². The number of carbonyl (C=O) groups excluding carboxylic acids is 1. The number of allylic oxidation sites excluding steroid dienone is 4. The predicted molar refractivity (Wildman–Crippen MR) is 119 cm³/mol. The number of likely N-dealkylation sites (tertiary alicyclic amines) is 1. The van der Waals surface area contributed by atoms with Crippen LogP contribution in [-0.2, 0) is 9.53 Å². The number of ether oxygens (including phenoxy) is 1. The molecule has 0 radical (unpaired) electrons. The largest absolute Gasteiger partial charge is 0.489 e. The van der Waals surface area contributed by atoms with Crippen molar-refractivity contribution >= 4 is 23.0 Å². The normalized spacial score (nSPS) is 46.7. The van der Waals surface area contributed by atoms with E-state index < -0.39 is 0 Å². The maximum Gasteiger partial charge on any atom is 0.222 e. The van der Waals surface area contributed by atoms with E-state index in [-0.39, 0.29) is 5.41 Å². The first-order valence-corrected chi connectivity index (χ1v) is 12.1. The molecule has 4 fully saturated rings. The lowest BCUT2D eigenvalue weighted by atomic mass is 9.47. The number of fused-ring (bicyclic) bond motifs is 5. The Morgan fingerprint density at radius 1 is 1.07 bits per heavy atom. The SMILES string of the molecule is CN1C(=O)CC[C@]2(C)[C@H]3CC[C@]4(C)[C@H](OC5=CC=CCC5=S)CC[C@H]4[C@@H]3CC[C@@H]12. The molecule has 3 saturated carbocycles. The number of piperidine rings is 1. The van der Waals surface area contributed by atoms with Crippen molar-refractivity contribution in [1.82, 2.24) is 4.90 Å². The van der Waals surface area contributed by atoms with E-state index in [2.05, 4.69) is 37.0 Å². The summed E-state index contributed by atoms with van der Waals surface area (Å²) in [7, 11) is 2.05. The molecule has 0 aromatic carbocycles. The Morgan fingerprint density at radius 3 is 2.66 bits per heavy atom. The van der Waals surface area contributed by atoms with E-state index in [1.54, 1.807) is 0 Å². The summed E-state index contributed by atoms with van der Waals surface area (Å²) in [5, 5.41) is 0. The zero-order chi connectivity index (χ0) is 20.4. The Labute approximate surface area is 180 Å². The van der Waals surface area contributed by atoms with Crippen LogP contribution in [0.4, 0.5) is 0 Å². The molecule has 158 valence electrons. The number of nitrogens with zero attached hydrogens (tertiary/aromatic N) is 1. The van der Waals surface area contributed by atoms with Gasteiger partial charge < -0.3 is 9.64 Å². The van der Waals surface area contributed by atoms with Crippen LogP contribution in [0.2, 0.25) is 0 Å². The number of carbonyl (C=O) groups is 1. The molecule has 0 N–H and O–H groups in total. The molecule has 4 heteroatoms. The highest BCUT2D eigenvalue weighted by atomic mass is 32.1. The maximum atomic E-state index is 12.3. The van der Waals surface area contributed by atoms with Crippen LogP contribution in [0, 0.1) is 28.6 Å². The van der Waals surface area contributed by atoms with Crippen LogP contribution >= 0.6 is 12.2 Å². The maximum absolute atomic E-state index is 12.3. The van der Waals surface area contributed by atoms with Gasteiger partial charge in [-0.25, -0.2) is 0 Å². The lowest BCUT2D eigenvalue weighted by molar-refractivity contribution is -0.160. The highest BCUT2D eigenvalue weighted by molar-refractivity contribution is 7.80. The van der Waals surface area contributed by atoms with Gasteiger partial charge in [-0.2, -0.15) is 0 Å². The number of thiocarbonyl (C=S) groups is 1. The Bertz CT molecular complexity index is 788. The molecule has 5 aliphatic rings. The van der Waals surface area contributed by atoms with Crippen LogP contribution in [0.3, 0.4) is 0 Å². The van der Waals surface area contributed by atoms with Crippen LogP contribution < -0.4 is 0 Å². The highest BCUT2D eigenvalue weighted by Gasteiger charge is 2.61. The van der Waals surface area contributed by atoms with E-state index in [1.807, 2.05) is 7.05 Å². The first kappa shape index (κ1) is 19.8. The number of hydrogen-bond acceptors (Lipinski definition) is 3. The monoisotopic (exact) mass is 413 g/mol. The topological polar surface area (TPSA) is 29.5 Å². The van der Waals surface area contributed by atoms with Crippen molar-refractivity contribution in [3.63, 3.8) is 0 Å². The molecule has 29 heavy (non-hydrogen) atoms. The van der Waals surface area contributed by atoms with Gasteiger partial charge in [0.15, 0.2) is 0 Å². The second kappa shape index (κ2) is 6.93. The van der Waals surface area contributed by atoms with Crippen molar-refractivity contribution in [3.05, 3.63) is 24.0 Å². The van der Waals surface area contributed by atoms with E-state index in [0.717, 1.165) is 54.1 Å². The number of hydrogen-bond donors (Lipinski definition) is 0. The van der Waals surface area contributed by atoms with Crippen LogP contribution in [0.25, 0.3) is 0 Å². The zero-order valence-corrected chi connectivity index (χ0v) is 19.0. The van der Waals surface area contributed by atoms with Crippen molar-refractivity contribution in [3.8, 4) is 0 Å². The third kappa shape index (κ3) is 2.88. The number of amides is 1. The van der Waals surface area contributed by atoms with E-state index >= 15 is 0 Å². The summed E-state index contributed by atoms with van der Waals surface area (Å²) < 4.78 is 6.60. The Morgan fingerprint density at radius 2 is 1.86 bits per heavy atom. The summed E-state index contributed by atoms with van der Waals surface area (Å²) >= 11 is 5.56. The summed E-state index contributed by atoms with van der Waals surface area (Å²) in [5.41, 5.74) is 0.558. The molecule has 0 aromatic heterocycles. The Kier molecular flexibility index (Phi) is 4.73. The molecule has 1 heterocycles. The fourth-order valence-corrected chi connectivity index (χ4v) is 8.29. The third-order valence-electron chi connectivity index (χ3n) is 9.70. The van der Waals surface area contributed by atoms with Crippen molar-refractivity contribution < 1.29 is 9.53 Å². The van der Waals surface area contributed by atoms with Crippen LogP contribution in [0.5, 0.6) is 0 Å². The van der Waals surface area contributed by atoms with Gasteiger partial charge in [0.05, 0.1) is 4.86 Å². The van der Waals surface area contributed by atoms with Crippen molar-refractivity contribution in [2.24, 2.45) is 28.6 Å². The van der Waals surface area contributed by atoms with Gasteiger partial charge >= 0.3 is 0 Å². The Hall–Kier alpha value is -1.16.